The minimum absolute atomic E-state index is 0.142. The molecule has 0 N–H and O–H groups in total. The predicted molar refractivity (Wildman–Crippen MR) is 98.0 cm³/mol. The van der Waals surface area contributed by atoms with E-state index in [4.69, 9.17) is 0 Å². The molecule has 3 aromatic rings. The van der Waals surface area contributed by atoms with E-state index >= 15 is 0 Å². The zero-order valence-electron chi connectivity index (χ0n) is 13.9. The van der Waals surface area contributed by atoms with Crippen LogP contribution in [0.1, 0.15) is 34.3 Å². The van der Waals surface area contributed by atoms with E-state index in [0.717, 1.165) is 23.8 Å². The number of hydrogen-bond acceptors (Lipinski definition) is 1. The lowest BCUT2D eigenvalue weighted by atomic mass is 10.1. The Bertz CT molecular complexity index is 878. The lowest BCUT2D eigenvalue weighted by Gasteiger charge is -2.23. The largest absolute Gasteiger partial charge is 0.331 e. The number of carbonyl (C=O) groups excluding carboxylic acids is 1. The summed E-state index contributed by atoms with van der Waals surface area (Å²) >= 11 is 0. The van der Waals surface area contributed by atoms with E-state index in [-0.39, 0.29) is 5.91 Å². The van der Waals surface area contributed by atoms with Gasteiger partial charge in [-0.15, -0.1) is 0 Å². The molecule has 0 saturated heterocycles. The fourth-order valence-corrected chi connectivity index (χ4v) is 3.13. The van der Waals surface area contributed by atoms with Crippen molar-refractivity contribution in [1.29, 1.82) is 0 Å². The normalized spacial score (nSPS) is 13.9. The average Bonchev–Trinajstić information content (AvgIpc) is 3.45. The summed E-state index contributed by atoms with van der Waals surface area (Å²) in [6.45, 7) is 2.78. The molecule has 0 spiro atoms. The predicted octanol–water partition coefficient (Wildman–Crippen LogP) is 4.95. The van der Waals surface area contributed by atoms with E-state index in [9.17, 15) is 4.79 Å². The van der Waals surface area contributed by atoms with Crippen molar-refractivity contribution >= 4 is 16.7 Å². The molecule has 2 heteroatoms. The summed E-state index contributed by atoms with van der Waals surface area (Å²) in [6, 6.07) is 23.1. The Morgan fingerprint density at radius 3 is 2.38 bits per heavy atom. The molecule has 1 fully saturated rings. The third-order valence-corrected chi connectivity index (χ3v) is 4.72. The first-order valence-corrected chi connectivity index (χ1v) is 8.56. The molecule has 0 heterocycles. The molecule has 24 heavy (non-hydrogen) atoms. The summed E-state index contributed by atoms with van der Waals surface area (Å²) in [5.74, 6) is 0.142. The molecule has 4 rings (SSSR count). The van der Waals surface area contributed by atoms with Crippen LogP contribution in [0.5, 0.6) is 0 Å². The molecule has 0 radical (unpaired) electrons. The first-order valence-electron chi connectivity index (χ1n) is 8.56. The average molecular weight is 315 g/mol. The number of aryl methyl sites for hydroxylation is 1. The number of nitrogens with zero attached hydrogens (tertiary/aromatic N) is 1. The van der Waals surface area contributed by atoms with Crippen LogP contribution in [0.3, 0.4) is 0 Å². The minimum Gasteiger partial charge on any atom is -0.331 e. The van der Waals surface area contributed by atoms with Crippen LogP contribution in [-0.2, 0) is 6.54 Å². The van der Waals surface area contributed by atoms with Gasteiger partial charge in [-0.2, -0.15) is 0 Å². The Hall–Kier alpha value is -2.61. The number of carbonyl (C=O) groups is 1. The van der Waals surface area contributed by atoms with Crippen LogP contribution in [0.25, 0.3) is 10.8 Å². The molecule has 2 nitrogen and oxygen atoms in total. The Kier molecular flexibility index (Phi) is 3.81. The van der Waals surface area contributed by atoms with Crippen LogP contribution >= 0.6 is 0 Å². The van der Waals surface area contributed by atoms with Crippen molar-refractivity contribution in [2.24, 2.45) is 0 Å². The fraction of sp³-hybridized carbons (Fsp3) is 0.227. The lowest BCUT2D eigenvalue weighted by molar-refractivity contribution is 0.0730. The number of benzene rings is 3. The van der Waals surface area contributed by atoms with Gasteiger partial charge in [-0.3, -0.25) is 4.79 Å². The van der Waals surface area contributed by atoms with E-state index in [1.165, 1.54) is 16.5 Å². The molecule has 0 aromatic heterocycles. The monoisotopic (exact) mass is 315 g/mol. The van der Waals surface area contributed by atoms with Crippen LogP contribution in [0, 0.1) is 6.92 Å². The summed E-state index contributed by atoms with van der Waals surface area (Å²) in [7, 11) is 0. The zero-order valence-corrected chi connectivity index (χ0v) is 13.9. The van der Waals surface area contributed by atoms with Crippen molar-refractivity contribution in [3.63, 3.8) is 0 Å². The van der Waals surface area contributed by atoms with E-state index in [1.54, 1.807) is 0 Å². The summed E-state index contributed by atoms with van der Waals surface area (Å²) in [4.78, 5) is 15.1. The zero-order chi connectivity index (χ0) is 16.5. The molecular formula is C22H21NO. The van der Waals surface area contributed by atoms with E-state index in [2.05, 4.69) is 43.3 Å². The van der Waals surface area contributed by atoms with Crippen LogP contribution in [-0.4, -0.2) is 16.8 Å². The maximum atomic E-state index is 13.1. The number of rotatable bonds is 4. The van der Waals surface area contributed by atoms with Crippen LogP contribution in [0.4, 0.5) is 0 Å². The molecule has 0 unspecified atom stereocenters. The Morgan fingerprint density at radius 2 is 1.67 bits per heavy atom. The molecule has 1 saturated carbocycles. The van der Waals surface area contributed by atoms with Gasteiger partial charge in [-0.05, 0) is 48.2 Å². The molecule has 0 aliphatic heterocycles. The molecule has 0 bridgehead atoms. The third kappa shape index (κ3) is 3.05. The van der Waals surface area contributed by atoms with E-state index in [0.29, 0.717) is 12.6 Å². The van der Waals surface area contributed by atoms with Crippen molar-refractivity contribution < 1.29 is 4.79 Å². The minimum atomic E-state index is 0.142. The van der Waals surface area contributed by atoms with Gasteiger partial charge >= 0.3 is 0 Å². The Labute approximate surface area is 142 Å². The number of hydrogen-bond donors (Lipinski definition) is 0. The van der Waals surface area contributed by atoms with E-state index < -0.39 is 0 Å². The Morgan fingerprint density at radius 1 is 0.958 bits per heavy atom. The summed E-state index contributed by atoms with van der Waals surface area (Å²) in [5, 5.41) is 2.29. The Balaban J connectivity index is 1.62. The van der Waals surface area contributed by atoms with Gasteiger partial charge in [0, 0.05) is 18.2 Å². The van der Waals surface area contributed by atoms with Crippen LogP contribution in [0.2, 0.25) is 0 Å². The molecular weight excluding hydrogens is 294 g/mol. The SMILES string of the molecule is Cc1ccc(CN(C(=O)c2ccc3ccccc3c2)C2CC2)cc1. The molecule has 0 atom stereocenters. The van der Waals surface area contributed by atoms with Gasteiger partial charge in [0.25, 0.3) is 5.91 Å². The van der Waals surface area contributed by atoms with Gasteiger partial charge in [0.15, 0.2) is 0 Å². The standard InChI is InChI=1S/C22H21NO/c1-16-6-8-17(9-7-16)15-23(21-12-13-21)22(24)20-11-10-18-4-2-3-5-19(18)14-20/h2-11,14,21H,12-13,15H2,1H3. The highest BCUT2D eigenvalue weighted by atomic mass is 16.2. The van der Waals surface area contributed by atoms with Crippen LogP contribution in [0.15, 0.2) is 66.7 Å². The van der Waals surface area contributed by atoms with Crippen molar-refractivity contribution in [3.05, 3.63) is 83.4 Å². The molecule has 1 amide bonds. The second-order valence-electron chi connectivity index (χ2n) is 6.71. The number of amides is 1. The summed E-state index contributed by atoms with van der Waals surface area (Å²) < 4.78 is 0. The van der Waals surface area contributed by atoms with Crippen molar-refractivity contribution in [2.45, 2.75) is 32.4 Å². The second kappa shape index (κ2) is 6.12. The molecule has 1 aliphatic carbocycles. The third-order valence-electron chi connectivity index (χ3n) is 4.72. The quantitative estimate of drug-likeness (QED) is 0.667. The van der Waals surface area contributed by atoms with Gasteiger partial charge in [0.1, 0.15) is 0 Å². The van der Waals surface area contributed by atoms with Gasteiger partial charge in [0.05, 0.1) is 0 Å². The van der Waals surface area contributed by atoms with Gasteiger partial charge in [-0.1, -0.05) is 60.2 Å². The lowest BCUT2D eigenvalue weighted by Crippen LogP contribution is -2.32. The highest BCUT2D eigenvalue weighted by Crippen LogP contribution is 2.30. The maximum Gasteiger partial charge on any atom is 0.254 e. The maximum absolute atomic E-state index is 13.1. The smallest absolute Gasteiger partial charge is 0.254 e. The second-order valence-corrected chi connectivity index (χ2v) is 6.71. The van der Waals surface area contributed by atoms with E-state index in [1.807, 2.05) is 35.2 Å². The van der Waals surface area contributed by atoms with Crippen molar-refractivity contribution in [1.82, 2.24) is 4.90 Å². The summed E-state index contributed by atoms with van der Waals surface area (Å²) in [5.41, 5.74) is 3.23. The van der Waals surface area contributed by atoms with Gasteiger partial charge in [0.2, 0.25) is 0 Å². The topological polar surface area (TPSA) is 20.3 Å². The van der Waals surface area contributed by atoms with Crippen molar-refractivity contribution in [2.75, 3.05) is 0 Å². The summed E-state index contributed by atoms with van der Waals surface area (Å²) in [6.07, 6.45) is 2.23. The van der Waals surface area contributed by atoms with Gasteiger partial charge < -0.3 is 4.90 Å². The number of fused-ring (bicyclic) bond motifs is 1. The molecule has 3 aromatic carbocycles. The first kappa shape index (κ1) is 14.9. The fourth-order valence-electron chi connectivity index (χ4n) is 3.13. The highest BCUT2D eigenvalue weighted by molar-refractivity contribution is 5.98. The molecule has 120 valence electrons. The molecule has 1 aliphatic rings. The van der Waals surface area contributed by atoms with Crippen molar-refractivity contribution in [3.8, 4) is 0 Å². The van der Waals surface area contributed by atoms with Crippen LogP contribution < -0.4 is 0 Å². The van der Waals surface area contributed by atoms with Gasteiger partial charge in [-0.25, -0.2) is 0 Å². The first-order chi connectivity index (χ1) is 11.7. The highest BCUT2D eigenvalue weighted by Gasteiger charge is 2.33.